The van der Waals surface area contributed by atoms with Crippen molar-refractivity contribution in [2.45, 2.75) is 18.9 Å². The smallest absolute Gasteiger partial charge is 0.191 e. The molecule has 6 heteroatoms. The van der Waals surface area contributed by atoms with E-state index in [4.69, 9.17) is 4.74 Å². The lowest BCUT2D eigenvalue weighted by molar-refractivity contribution is 0.235. The molecule has 2 N–H and O–H groups in total. The van der Waals surface area contributed by atoms with Crippen LogP contribution in [0, 0.1) is 0 Å². The van der Waals surface area contributed by atoms with Gasteiger partial charge in [0.25, 0.3) is 0 Å². The molecule has 23 heavy (non-hydrogen) atoms. The van der Waals surface area contributed by atoms with Gasteiger partial charge in [-0.2, -0.15) is 0 Å². The molecule has 0 fully saturated rings. The van der Waals surface area contributed by atoms with Crippen molar-refractivity contribution in [3.63, 3.8) is 0 Å². The van der Waals surface area contributed by atoms with Crippen molar-refractivity contribution in [2.75, 3.05) is 20.1 Å². The SMILES string of the molecule is CN=C(NCCc1cccs1)NCC1Cc2ccccc2O1.I. The van der Waals surface area contributed by atoms with Gasteiger partial charge in [-0.3, -0.25) is 4.99 Å². The van der Waals surface area contributed by atoms with E-state index in [9.17, 15) is 0 Å². The van der Waals surface area contributed by atoms with E-state index in [2.05, 4.69) is 45.3 Å². The molecule has 0 bridgehead atoms. The van der Waals surface area contributed by atoms with E-state index in [-0.39, 0.29) is 30.1 Å². The van der Waals surface area contributed by atoms with Crippen LogP contribution in [0.15, 0.2) is 46.8 Å². The van der Waals surface area contributed by atoms with Gasteiger partial charge >= 0.3 is 0 Å². The van der Waals surface area contributed by atoms with Crippen LogP contribution in [0.3, 0.4) is 0 Å². The number of thiophene rings is 1. The number of nitrogens with zero attached hydrogens (tertiary/aromatic N) is 1. The van der Waals surface area contributed by atoms with Crippen molar-refractivity contribution in [3.8, 4) is 5.75 Å². The largest absolute Gasteiger partial charge is 0.488 e. The van der Waals surface area contributed by atoms with Gasteiger partial charge in [0.15, 0.2) is 5.96 Å². The van der Waals surface area contributed by atoms with Gasteiger partial charge in [-0.15, -0.1) is 35.3 Å². The van der Waals surface area contributed by atoms with Crippen LogP contribution in [-0.4, -0.2) is 32.2 Å². The first-order valence-corrected chi connectivity index (χ1v) is 8.44. The molecular weight excluding hydrogens is 421 g/mol. The Balaban J connectivity index is 0.00000192. The monoisotopic (exact) mass is 443 g/mol. The molecule has 1 unspecified atom stereocenters. The number of benzene rings is 1. The molecule has 0 spiro atoms. The molecule has 0 aliphatic carbocycles. The first-order valence-electron chi connectivity index (χ1n) is 7.56. The van der Waals surface area contributed by atoms with Gasteiger partial charge in [0.1, 0.15) is 11.9 Å². The number of guanidine groups is 1. The number of ether oxygens (including phenoxy) is 1. The molecule has 1 aromatic carbocycles. The Hall–Kier alpha value is -1.28. The summed E-state index contributed by atoms with van der Waals surface area (Å²) in [4.78, 5) is 5.65. The van der Waals surface area contributed by atoms with Crippen LogP contribution >= 0.6 is 35.3 Å². The number of aliphatic imine (C=N–C) groups is 1. The van der Waals surface area contributed by atoms with E-state index in [1.54, 1.807) is 18.4 Å². The fourth-order valence-electron chi connectivity index (χ4n) is 2.56. The highest BCUT2D eigenvalue weighted by Crippen LogP contribution is 2.27. The normalized spacial score (nSPS) is 16.2. The zero-order valence-corrected chi connectivity index (χ0v) is 16.3. The fraction of sp³-hybridized carbons (Fsp3) is 0.353. The maximum absolute atomic E-state index is 5.92. The van der Waals surface area contributed by atoms with Crippen molar-refractivity contribution >= 4 is 41.3 Å². The van der Waals surface area contributed by atoms with E-state index in [0.717, 1.165) is 37.6 Å². The van der Waals surface area contributed by atoms with Gasteiger partial charge in [-0.05, 0) is 29.5 Å². The lowest BCUT2D eigenvalue weighted by Gasteiger charge is -2.15. The molecule has 4 nitrogen and oxygen atoms in total. The molecule has 1 aliphatic rings. The third kappa shape index (κ3) is 5.10. The average Bonchev–Trinajstić information content (AvgIpc) is 3.19. The first-order chi connectivity index (χ1) is 10.8. The van der Waals surface area contributed by atoms with E-state index in [1.807, 2.05) is 12.1 Å². The lowest BCUT2D eigenvalue weighted by Crippen LogP contribution is -2.42. The van der Waals surface area contributed by atoms with Gasteiger partial charge in [-0.1, -0.05) is 24.3 Å². The van der Waals surface area contributed by atoms with E-state index >= 15 is 0 Å². The van der Waals surface area contributed by atoms with Gasteiger partial charge in [0, 0.05) is 24.9 Å². The molecular formula is C17H22IN3OS. The Labute approximate surface area is 158 Å². The van der Waals surface area contributed by atoms with Crippen molar-refractivity contribution in [1.82, 2.24) is 10.6 Å². The summed E-state index contributed by atoms with van der Waals surface area (Å²) >= 11 is 1.79. The standard InChI is InChI=1S/C17H21N3OS.HI/c1-18-17(19-9-8-15-6-4-10-22-15)20-12-14-11-13-5-2-3-7-16(13)21-14;/h2-7,10,14H,8-9,11-12H2,1H3,(H2,18,19,20);1H. The van der Waals surface area contributed by atoms with Crippen molar-refractivity contribution < 1.29 is 4.74 Å². The minimum atomic E-state index is 0. The van der Waals surface area contributed by atoms with Crippen LogP contribution in [0.4, 0.5) is 0 Å². The Morgan fingerprint density at radius 3 is 2.87 bits per heavy atom. The summed E-state index contributed by atoms with van der Waals surface area (Å²) in [6.45, 7) is 1.64. The molecule has 2 heterocycles. The van der Waals surface area contributed by atoms with Crippen LogP contribution < -0.4 is 15.4 Å². The second-order valence-electron chi connectivity index (χ2n) is 5.26. The highest BCUT2D eigenvalue weighted by Gasteiger charge is 2.22. The fourth-order valence-corrected chi connectivity index (χ4v) is 3.27. The second kappa shape index (κ2) is 9.12. The Kier molecular flexibility index (Phi) is 7.16. The molecule has 0 saturated carbocycles. The van der Waals surface area contributed by atoms with Crippen LogP contribution in [0.25, 0.3) is 0 Å². The molecule has 3 rings (SSSR count). The molecule has 0 saturated heterocycles. The predicted octanol–water partition coefficient (Wildman–Crippen LogP) is 3.08. The summed E-state index contributed by atoms with van der Waals surface area (Å²) in [5.74, 6) is 1.84. The quantitative estimate of drug-likeness (QED) is 0.424. The Morgan fingerprint density at radius 2 is 2.13 bits per heavy atom. The van der Waals surface area contributed by atoms with Crippen molar-refractivity contribution in [3.05, 3.63) is 52.2 Å². The van der Waals surface area contributed by atoms with Crippen molar-refractivity contribution in [2.24, 2.45) is 4.99 Å². The average molecular weight is 443 g/mol. The lowest BCUT2D eigenvalue weighted by atomic mass is 10.1. The summed E-state index contributed by atoms with van der Waals surface area (Å²) in [7, 11) is 1.80. The zero-order valence-electron chi connectivity index (χ0n) is 13.1. The topological polar surface area (TPSA) is 45.7 Å². The molecule has 1 atom stereocenters. The zero-order chi connectivity index (χ0) is 15.2. The Morgan fingerprint density at radius 1 is 1.26 bits per heavy atom. The second-order valence-corrected chi connectivity index (χ2v) is 6.29. The van der Waals surface area contributed by atoms with E-state index in [0.29, 0.717) is 0 Å². The number of hydrogen-bond donors (Lipinski definition) is 2. The van der Waals surface area contributed by atoms with E-state index < -0.39 is 0 Å². The summed E-state index contributed by atoms with van der Waals surface area (Å²) in [5.41, 5.74) is 1.29. The number of para-hydroxylation sites is 1. The highest BCUT2D eigenvalue weighted by atomic mass is 127. The predicted molar refractivity (Wildman–Crippen MR) is 107 cm³/mol. The number of hydrogen-bond acceptors (Lipinski definition) is 3. The molecule has 0 radical (unpaired) electrons. The summed E-state index contributed by atoms with van der Waals surface area (Å²) in [6.07, 6.45) is 2.15. The van der Waals surface area contributed by atoms with Crippen LogP contribution in [0.1, 0.15) is 10.4 Å². The van der Waals surface area contributed by atoms with Gasteiger partial charge < -0.3 is 15.4 Å². The maximum atomic E-state index is 5.92. The van der Waals surface area contributed by atoms with Gasteiger partial charge in [0.05, 0.1) is 6.54 Å². The number of nitrogens with one attached hydrogen (secondary N) is 2. The maximum Gasteiger partial charge on any atom is 0.191 e. The first kappa shape index (κ1) is 18.1. The molecule has 1 aliphatic heterocycles. The van der Waals surface area contributed by atoms with E-state index in [1.165, 1.54) is 10.4 Å². The van der Waals surface area contributed by atoms with Crippen LogP contribution in [0.5, 0.6) is 5.75 Å². The highest BCUT2D eigenvalue weighted by molar-refractivity contribution is 14.0. The summed E-state index contributed by atoms with van der Waals surface area (Å²) in [5, 5.41) is 8.80. The summed E-state index contributed by atoms with van der Waals surface area (Å²) in [6, 6.07) is 12.5. The van der Waals surface area contributed by atoms with Crippen LogP contribution in [-0.2, 0) is 12.8 Å². The molecule has 1 aromatic heterocycles. The molecule has 124 valence electrons. The van der Waals surface area contributed by atoms with Crippen molar-refractivity contribution in [1.29, 1.82) is 0 Å². The number of halogens is 1. The number of rotatable bonds is 5. The molecule has 0 amide bonds. The summed E-state index contributed by atoms with van der Waals surface area (Å²) < 4.78 is 5.92. The third-order valence-corrected chi connectivity index (χ3v) is 4.61. The van der Waals surface area contributed by atoms with Gasteiger partial charge in [0.2, 0.25) is 0 Å². The minimum Gasteiger partial charge on any atom is -0.488 e. The Bertz CT molecular complexity index is 606. The minimum absolute atomic E-state index is 0. The number of fused-ring (bicyclic) bond motifs is 1. The van der Waals surface area contributed by atoms with Crippen LogP contribution in [0.2, 0.25) is 0 Å². The third-order valence-electron chi connectivity index (χ3n) is 3.68. The molecule has 2 aromatic rings. The van der Waals surface area contributed by atoms with Gasteiger partial charge in [-0.25, -0.2) is 0 Å².